The number of fused-ring (bicyclic) bond motifs is 2. The summed E-state index contributed by atoms with van der Waals surface area (Å²) < 4.78 is 0. The molecule has 176 valence electrons. The summed E-state index contributed by atoms with van der Waals surface area (Å²) in [5, 5.41) is 4.34. The van der Waals surface area contributed by atoms with Crippen LogP contribution in [0.1, 0.15) is 61.1 Å². The fourth-order valence-electron chi connectivity index (χ4n) is 5.58. The molecule has 3 unspecified atom stereocenters. The SMILES string of the molecule is CC12CCC=CC1CC2C(=O)NC1CCCCC1.CN(C)c1nc(N)nc2ccccc12.[HH].[HH]. The van der Waals surface area contributed by atoms with E-state index >= 15 is 0 Å². The van der Waals surface area contributed by atoms with Gasteiger partial charge in [0.25, 0.3) is 0 Å². The molecule has 32 heavy (non-hydrogen) atoms. The van der Waals surface area contributed by atoms with E-state index in [0.29, 0.717) is 23.8 Å². The van der Waals surface area contributed by atoms with Gasteiger partial charge in [0.2, 0.25) is 11.9 Å². The first-order valence-electron chi connectivity index (χ1n) is 12.0. The minimum atomic E-state index is 0. The topological polar surface area (TPSA) is 84.1 Å². The summed E-state index contributed by atoms with van der Waals surface area (Å²) in [6.45, 7) is 2.32. The number of hydrogen-bond acceptors (Lipinski definition) is 5. The molecule has 6 nitrogen and oxygen atoms in total. The van der Waals surface area contributed by atoms with Crippen molar-refractivity contribution in [2.24, 2.45) is 17.3 Å². The van der Waals surface area contributed by atoms with Crippen LogP contribution >= 0.6 is 0 Å². The number of benzene rings is 1. The fourth-order valence-corrected chi connectivity index (χ4v) is 5.58. The molecule has 0 radical (unpaired) electrons. The van der Waals surface area contributed by atoms with Crippen LogP contribution in [0.15, 0.2) is 36.4 Å². The van der Waals surface area contributed by atoms with E-state index in [1.54, 1.807) is 0 Å². The Kier molecular flexibility index (Phi) is 6.68. The Labute approximate surface area is 194 Å². The summed E-state index contributed by atoms with van der Waals surface area (Å²) in [6.07, 6.45) is 14.4. The minimum Gasteiger partial charge on any atom is -0.368 e. The zero-order valence-electron chi connectivity index (χ0n) is 19.7. The van der Waals surface area contributed by atoms with Crippen LogP contribution in [0.25, 0.3) is 10.9 Å². The van der Waals surface area contributed by atoms with Crippen LogP contribution in [0.4, 0.5) is 11.8 Å². The number of nitrogens with zero attached hydrogens (tertiary/aromatic N) is 3. The van der Waals surface area contributed by atoms with Crippen molar-refractivity contribution in [3.05, 3.63) is 36.4 Å². The monoisotopic (exact) mass is 439 g/mol. The molecule has 0 aliphatic heterocycles. The molecule has 2 aromatic rings. The Balaban J connectivity index is 0.000000233. The predicted octanol–water partition coefficient (Wildman–Crippen LogP) is 5.20. The third kappa shape index (κ3) is 4.59. The number of nitrogen functional groups attached to an aromatic ring is 1. The number of para-hydroxylation sites is 1. The van der Waals surface area contributed by atoms with E-state index < -0.39 is 0 Å². The lowest BCUT2D eigenvalue weighted by molar-refractivity contribution is -0.141. The largest absolute Gasteiger partial charge is 0.368 e. The van der Waals surface area contributed by atoms with Crippen LogP contribution in [0.2, 0.25) is 0 Å². The molecule has 3 aliphatic rings. The van der Waals surface area contributed by atoms with Gasteiger partial charge in [-0.3, -0.25) is 4.79 Å². The predicted molar refractivity (Wildman–Crippen MR) is 136 cm³/mol. The van der Waals surface area contributed by atoms with Gasteiger partial charge in [0.15, 0.2) is 0 Å². The van der Waals surface area contributed by atoms with Gasteiger partial charge >= 0.3 is 0 Å². The van der Waals surface area contributed by atoms with Crippen molar-refractivity contribution in [2.45, 2.75) is 64.3 Å². The first-order chi connectivity index (χ1) is 15.4. The number of amides is 1. The molecule has 1 aromatic carbocycles. The Morgan fingerprint density at radius 3 is 2.66 bits per heavy atom. The van der Waals surface area contributed by atoms with Crippen LogP contribution in [-0.4, -0.2) is 36.0 Å². The molecule has 2 saturated carbocycles. The quantitative estimate of drug-likeness (QED) is 0.642. The van der Waals surface area contributed by atoms with E-state index in [2.05, 4.69) is 34.4 Å². The van der Waals surface area contributed by atoms with Crippen LogP contribution < -0.4 is 16.0 Å². The highest BCUT2D eigenvalue weighted by molar-refractivity contribution is 5.90. The molecule has 6 heteroatoms. The second kappa shape index (κ2) is 9.47. The molecular formula is C26H41N5O. The zero-order chi connectivity index (χ0) is 22.7. The van der Waals surface area contributed by atoms with E-state index in [1.165, 1.54) is 38.5 Å². The first-order valence-corrected chi connectivity index (χ1v) is 12.0. The number of carbonyl (C=O) groups excluding carboxylic acids is 1. The second-order valence-corrected chi connectivity index (χ2v) is 10.0. The Morgan fingerprint density at radius 2 is 1.94 bits per heavy atom. The number of aromatic nitrogens is 2. The number of nitrogens with two attached hydrogens (primary N) is 1. The smallest absolute Gasteiger partial charge is 0.223 e. The van der Waals surface area contributed by atoms with Crippen molar-refractivity contribution in [3.63, 3.8) is 0 Å². The van der Waals surface area contributed by atoms with Crippen molar-refractivity contribution < 1.29 is 7.65 Å². The normalized spacial score (nSPS) is 27.0. The average Bonchev–Trinajstić information content (AvgIpc) is 2.77. The number of rotatable bonds is 3. The number of anilines is 2. The zero-order valence-corrected chi connectivity index (χ0v) is 19.7. The van der Waals surface area contributed by atoms with Crippen LogP contribution in [0, 0.1) is 17.3 Å². The molecule has 2 fully saturated rings. The van der Waals surface area contributed by atoms with E-state index in [-0.39, 0.29) is 14.2 Å². The molecule has 1 amide bonds. The Bertz CT molecular complexity index is 992. The molecule has 3 atom stereocenters. The van der Waals surface area contributed by atoms with Gasteiger partial charge in [-0.1, -0.05) is 50.5 Å². The van der Waals surface area contributed by atoms with Crippen LogP contribution in [0.5, 0.6) is 0 Å². The van der Waals surface area contributed by atoms with Gasteiger partial charge < -0.3 is 16.0 Å². The van der Waals surface area contributed by atoms with E-state index in [4.69, 9.17) is 5.73 Å². The van der Waals surface area contributed by atoms with Crippen molar-refractivity contribution in [3.8, 4) is 0 Å². The number of nitrogens with one attached hydrogen (secondary N) is 1. The average molecular weight is 440 g/mol. The van der Waals surface area contributed by atoms with Gasteiger partial charge in [-0.2, -0.15) is 4.98 Å². The van der Waals surface area contributed by atoms with Gasteiger partial charge in [0.1, 0.15) is 5.82 Å². The van der Waals surface area contributed by atoms with E-state index in [9.17, 15) is 4.79 Å². The Morgan fingerprint density at radius 1 is 1.19 bits per heavy atom. The number of allylic oxidation sites excluding steroid dienone is 2. The van der Waals surface area contributed by atoms with E-state index in [1.807, 2.05) is 43.3 Å². The molecule has 1 heterocycles. The molecular weight excluding hydrogens is 398 g/mol. The summed E-state index contributed by atoms with van der Waals surface area (Å²) >= 11 is 0. The van der Waals surface area contributed by atoms with Gasteiger partial charge in [-0.25, -0.2) is 4.98 Å². The lowest BCUT2D eigenvalue weighted by Crippen LogP contribution is -2.55. The van der Waals surface area contributed by atoms with Gasteiger partial charge in [0.05, 0.1) is 5.52 Å². The molecule has 0 bridgehead atoms. The van der Waals surface area contributed by atoms with Crippen LogP contribution in [-0.2, 0) is 4.79 Å². The lowest BCUT2D eigenvalue weighted by Gasteiger charge is -2.54. The second-order valence-electron chi connectivity index (χ2n) is 10.0. The summed E-state index contributed by atoms with van der Waals surface area (Å²) in [5.41, 5.74) is 6.75. The maximum atomic E-state index is 12.4. The third-order valence-electron chi connectivity index (χ3n) is 7.64. The number of hydrogen-bond donors (Lipinski definition) is 2. The molecule has 0 saturated heterocycles. The highest BCUT2D eigenvalue weighted by Gasteiger charge is 2.54. The van der Waals surface area contributed by atoms with Crippen LogP contribution in [0.3, 0.4) is 0 Å². The van der Waals surface area contributed by atoms with Crippen molar-refractivity contribution in [2.75, 3.05) is 24.7 Å². The highest BCUT2D eigenvalue weighted by atomic mass is 16.2. The molecule has 5 rings (SSSR count). The maximum absolute atomic E-state index is 12.4. The summed E-state index contributed by atoms with van der Waals surface area (Å²) in [4.78, 5) is 22.7. The third-order valence-corrected chi connectivity index (χ3v) is 7.64. The summed E-state index contributed by atoms with van der Waals surface area (Å²) in [6, 6.07) is 8.29. The van der Waals surface area contributed by atoms with Gasteiger partial charge in [-0.15, -0.1) is 0 Å². The standard InChI is InChI=1S/C16H25NO.C10H12N4.2H2/c1-16-10-6-5-7-12(16)11-14(16)15(18)17-13-8-3-2-4-9-13;1-14(2)9-7-5-3-4-6-8(7)12-10(11)13-9;;/h5,7,12-14H,2-4,6,8-11H2,1H3,(H,17,18);3-6H,1-2H3,(H2,11,12,13);2*1H. The molecule has 3 N–H and O–H groups in total. The summed E-state index contributed by atoms with van der Waals surface area (Å²) in [5.74, 6) is 2.44. The van der Waals surface area contributed by atoms with E-state index in [0.717, 1.165) is 29.6 Å². The maximum Gasteiger partial charge on any atom is 0.223 e. The van der Waals surface area contributed by atoms with Crippen molar-refractivity contribution >= 4 is 28.6 Å². The van der Waals surface area contributed by atoms with Gasteiger partial charge in [0, 0.05) is 34.3 Å². The lowest BCUT2D eigenvalue weighted by atomic mass is 9.50. The molecule has 0 spiro atoms. The molecule has 1 aromatic heterocycles. The minimum absolute atomic E-state index is 0. The Hall–Kier alpha value is -2.63. The van der Waals surface area contributed by atoms with Gasteiger partial charge in [-0.05, 0) is 55.6 Å². The molecule has 3 aliphatic carbocycles. The highest BCUT2D eigenvalue weighted by Crippen LogP contribution is 2.57. The summed E-state index contributed by atoms with van der Waals surface area (Å²) in [7, 11) is 3.88. The first kappa shape index (κ1) is 22.6. The van der Waals surface area contributed by atoms with Crippen molar-refractivity contribution in [1.82, 2.24) is 15.3 Å². The number of carbonyl (C=O) groups is 1. The van der Waals surface area contributed by atoms with Crippen molar-refractivity contribution in [1.29, 1.82) is 0 Å². The fraction of sp³-hybridized carbons (Fsp3) is 0.577.